The van der Waals surface area contributed by atoms with E-state index in [1.807, 2.05) is 55.5 Å². The van der Waals surface area contributed by atoms with E-state index < -0.39 is 12.1 Å². The smallest absolute Gasteiger partial charge is 0.271 e. The molecule has 216 valence electrons. The van der Waals surface area contributed by atoms with Gasteiger partial charge in [-0.2, -0.15) is 10.2 Å². The van der Waals surface area contributed by atoms with Crippen molar-refractivity contribution in [3.8, 4) is 22.8 Å². The molecule has 1 fully saturated rings. The van der Waals surface area contributed by atoms with Crippen LogP contribution in [-0.2, 0) is 16.1 Å². The summed E-state index contributed by atoms with van der Waals surface area (Å²) in [7, 11) is 0. The monoisotopic (exact) mass is 567 g/mol. The second-order valence-electron chi connectivity index (χ2n) is 10.6. The van der Waals surface area contributed by atoms with Crippen molar-refractivity contribution in [1.82, 2.24) is 45.1 Å². The minimum Gasteiger partial charge on any atom is -0.345 e. The zero-order chi connectivity index (χ0) is 29.1. The molecule has 12 nitrogen and oxygen atoms in total. The Kier molecular flexibility index (Phi) is 7.76. The lowest BCUT2D eigenvalue weighted by Gasteiger charge is -2.27. The number of aromatic nitrogens is 6. The highest BCUT2D eigenvalue weighted by Crippen LogP contribution is 2.23. The van der Waals surface area contributed by atoms with Gasteiger partial charge in [-0.3, -0.25) is 24.5 Å². The molecule has 4 aromatic rings. The lowest BCUT2D eigenvalue weighted by atomic mass is 10.1. The predicted octanol–water partition coefficient (Wildman–Crippen LogP) is 2.83. The Labute approximate surface area is 243 Å². The molecule has 3 amide bonds. The van der Waals surface area contributed by atoms with E-state index in [9.17, 15) is 14.4 Å². The fraction of sp³-hybridized carbons (Fsp3) is 0.367. The quantitative estimate of drug-likeness (QED) is 0.388. The fourth-order valence-electron chi connectivity index (χ4n) is 5.60. The fourth-order valence-corrected chi connectivity index (χ4v) is 5.60. The molecule has 0 radical (unpaired) electrons. The molecule has 2 aliphatic rings. The van der Waals surface area contributed by atoms with E-state index >= 15 is 0 Å². The number of carbonyl (C=O) groups is 3. The first-order chi connectivity index (χ1) is 20.5. The summed E-state index contributed by atoms with van der Waals surface area (Å²) >= 11 is 0. The molecule has 1 aromatic carbocycles. The lowest BCUT2D eigenvalue weighted by molar-refractivity contribution is -0.138. The van der Waals surface area contributed by atoms with Crippen molar-refractivity contribution in [3.63, 3.8) is 0 Å². The molecule has 0 aliphatic carbocycles. The molecule has 0 saturated carbocycles. The first-order valence-electron chi connectivity index (χ1n) is 14.3. The van der Waals surface area contributed by atoms with E-state index in [4.69, 9.17) is 10.1 Å². The second-order valence-corrected chi connectivity index (χ2v) is 10.6. The van der Waals surface area contributed by atoms with E-state index in [1.165, 1.54) is 0 Å². The van der Waals surface area contributed by atoms with Gasteiger partial charge in [-0.15, -0.1) is 0 Å². The van der Waals surface area contributed by atoms with Gasteiger partial charge in [0.2, 0.25) is 11.8 Å². The normalized spacial score (nSPS) is 20.0. The van der Waals surface area contributed by atoms with Crippen molar-refractivity contribution in [2.75, 3.05) is 19.6 Å². The number of fused-ring (bicyclic) bond motifs is 2. The van der Waals surface area contributed by atoms with Gasteiger partial charge in [0.25, 0.3) is 5.91 Å². The lowest BCUT2D eigenvalue weighted by Crippen LogP contribution is -2.47. The summed E-state index contributed by atoms with van der Waals surface area (Å²) < 4.78 is 1.77. The standard InChI is InChI=1S/C30H33N9O3/c1-20-28-33-27(21-9-3-2-4-10-21)36-39(28)18-17-37(15-8-13-26(40)38-16-7-12-25(38)29(41)32-20)30(42)24-19-23(34-35-24)22-11-5-6-14-31-22/h2-6,9-11,14,19-20,25H,7-8,12-13,15-18H2,1H3,(H,32,41)(H,34,35)/t20-,25-/m0/s1. The van der Waals surface area contributed by atoms with Crippen LogP contribution < -0.4 is 5.32 Å². The number of nitrogens with zero attached hydrogens (tertiary/aromatic N) is 7. The van der Waals surface area contributed by atoms with Gasteiger partial charge in [0.05, 0.1) is 18.3 Å². The van der Waals surface area contributed by atoms with Crippen LogP contribution in [0.25, 0.3) is 22.8 Å². The Morgan fingerprint density at radius 3 is 2.60 bits per heavy atom. The van der Waals surface area contributed by atoms with Gasteiger partial charge >= 0.3 is 0 Å². The van der Waals surface area contributed by atoms with Gasteiger partial charge in [-0.05, 0) is 44.4 Å². The van der Waals surface area contributed by atoms with Crippen molar-refractivity contribution in [3.05, 3.63) is 72.3 Å². The summed E-state index contributed by atoms with van der Waals surface area (Å²) in [5.41, 5.74) is 2.43. The van der Waals surface area contributed by atoms with E-state index in [0.717, 1.165) is 12.0 Å². The Morgan fingerprint density at radius 1 is 0.952 bits per heavy atom. The number of aromatic amines is 1. The van der Waals surface area contributed by atoms with Gasteiger partial charge in [-0.25, -0.2) is 9.67 Å². The number of benzene rings is 1. The van der Waals surface area contributed by atoms with Crippen molar-refractivity contribution < 1.29 is 14.4 Å². The van der Waals surface area contributed by atoms with Crippen molar-refractivity contribution >= 4 is 17.7 Å². The molecule has 0 bridgehead atoms. The largest absolute Gasteiger partial charge is 0.345 e. The predicted molar refractivity (Wildman–Crippen MR) is 154 cm³/mol. The Balaban J connectivity index is 1.31. The average molecular weight is 568 g/mol. The Morgan fingerprint density at radius 2 is 1.79 bits per heavy atom. The number of carbonyl (C=O) groups excluding carboxylic acids is 3. The third kappa shape index (κ3) is 5.65. The summed E-state index contributed by atoms with van der Waals surface area (Å²) in [4.78, 5) is 52.7. The highest BCUT2D eigenvalue weighted by molar-refractivity contribution is 5.93. The first kappa shape index (κ1) is 27.3. The van der Waals surface area contributed by atoms with Crippen LogP contribution in [-0.4, -0.2) is 83.1 Å². The maximum absolute atomic E-state index is 13.7. The van der Waals surface area contributed by atoms with E-state index in [0.29, 0.717) is 67.8 Å². The summed E-state index contributed by atoms with van der Waals surface area (Å²) in [5, 5.41) is 15.0. The highest BCUT2D eigenvalue weighted by Gasteiger charge is 2.35. The molecular formula is C30H33N9O3. The van der Waals surface area contributed by atoms with Crippen LogP contribution in [0.1, 0.15) is 55.0 Å². The second kappa shape index (κ2) is 11.9. The van der Waals surface area contributed by atoms with Crippen LogP contribution in [0, 0.1) is 0 Å². The molecule has 42 heavy (non-hydrogen) atoms. The Hall–Kier alpha value is -4.87. The van der Waals surface area contributed by atoms with Gasteiger partial charge in [0.1, 0.15) is 23.3 Å². The number of H-pyrrole nitrogens is 1. The van der Waals surface area contributed by atoms with E-state index in [2.05, 4.69) is 20.5 Å². The molecule has 5 heterocycles. The maximum atomic E-state index is 13.7. The topological polar surface area (TPSA) is 142 Å². The van der Waals surface area contributed by atoms with Crippen LogP contribution in [0.4, 0.5) is 0 Å². The number of rotatable bonds is 3. The molecule has 0 unspecified atom stereocenters. The van der Waals surface area contributed by atoms with Crippen LogP contribution in [0.5, 0.6) is 0 Å². The number of amides is 3. The van der Waals surface area contributed by atoms with E-state index in [1.54, 1.807) is 26.7 Å². The minimum absolute atomic E-state index is 0.0710. The van der Waals surface area contributed by atoms with Gasteiger partial charge in [0.15, 0.2) is 5.82 Å². The first-order valence-corrected chi connectivity index (χ1v) is 14.3. The molecule has 3 aromatic heterocycles. The zero-order valence-corrected chi connectivity index (χ0v) is 23.4. The third-order valence-electron chi connectivity index (χ3n) is 7.78. The summed E-state index contributed by atoms with van der Waals surface area (Å²) in [6, 6.07) is 15.9. The number of nitrogens with one attached hydrogen (secondary N) is 2. The molecule has 0 spiro atoms. The summed E-state index contributed by atoms with van der Waals surface area (Å²) in [5.74, 6) is 0.649. The summed E-state index contributed by atoms with van der Waals surface area (Å²) in [6.45, 7) is 3.45. The van der Waals surface area contributed by atoms with Crippen LogP contribution in [0.15, 0.2) is 60.8 Å². The maximum Gasteiger partial charge on any atom is 0.271 e. The number of hydrogen-bond donors (Lipinski definition) is 2. The van der Waals surface area contributed by atoms with Crippen LogP contribution in [0.2, 0.25) is 0 Å². The van der Waals surface area contributed by atoms with Gasteiger partial charge in [0, 0.05) is 37.8 Å². The van der Waals surface area contributed by atoms with Crippen molar-refractivity contribution in [1.29, 1.82) is 0 Å². The van der Waals surface area contributed by atoms with Crippen LogP contribution in [0.3, 0.4) is 0 Å². The van der Waals surface area contributed by atoms with Gasteiger partial charge in [-0.1, -0.05) is 36.4 Å². The number of pyridine rings is 1. The third-order valence-corrected chi connectivity index (χ3v) is 7.78. The van der Waals surface area contributed by atoms with E-state index in [-0.39, 0.29) is 24.1 Å². The molecule has 2 N–H and O–H groups in total. The zero-order valence-electron chi connectivity index (χ0n) is 23.4. The molecule has 2 atom stereocenters. The molecular weight excluding hydrogens is 534 g/mol. The highest BCUT2D eigenvalue weighted by atomic mass is 16.2. The summed E-state index contributed by atoms with van der Waals surface area (Å²) in [6.07, 6.45) is 3.78. The van der Waals surface area contributed by atoms with Crippen molar-refractivity contribution in [2.45, 2.75) is 51.2 Å². The average Bonchev–Trinajstić information content (AvgIpc) is 3.79. The minimum atomic E-state index is -0.513. The molecule has 2 aliphatic heterocycles. The SMILES string of the molecule is C[C@@H]1NC(=O)[C@@H]2CCCN2C(=O)CCCN(C(=O)c2cc(-c3ccccn3)n[nH]2)CCn2nc(-c3ccccc3)nc21. The van der Waals surface area contributed by atoms with Crippen LogP contribution >= 0.6 is 0 Å². The molecule has 1 saturated heterocycles. The number of hydrogen-bond acceptors (Lipinski definition) is 7. The Bertz CT molecular complexity index is 1570. The van der Waals surface area contributed by atoms with Crippen molar-refractivity contribution in [2.24, 2.45) is 0 Å². The molecule has 6 rings (SSSR count). The molecule has 12 heteroatoms. The van der Waals surface area contributed by atoms with Gasteiger partial charge < -0.3 is 15.1 Å².